The van der Waals surface area contributed by atoms with Crippen molar-refractivity contribution in [2.45, 2.75) is 98.7 Å². The van der Waals surface area contributed by atoms with Crippen LogP contribution in [0.4, 0.5) is 0 Å². The molecular weight excluding hydrogens is 300 g/mol. The molecule has 2 unspecified atom stereocenters. The van der Waals surface area contributed by atoms with Gasteiger partial charge in [-0.2, -0.15) is 0 Å². The zero-order valence-corrected chi connectivity index (χ0v) is 16.5. The first-order valence-corrected chi connectivity index (χ1v) is 10.1. The predicted octanol–water partition coefficient (Wildman–Crippen LogP) is 5.72. The molecule has 2 saturated carbocycles. The number of carbonyl (C=O) groups excluding carboxylic acids is 1. The number of carbonyl (C=O) groups is 1. The number of rotatable bonds is 9. The molecule has 0 bridgehead atoms. The minimum Gasteiger partial charge on any atom is -0.436 e. The highest BCUT2D eigenvalue weighted by atomic mass is 16.7. The number of ether oxygens (including phenoxy) is 2. The van der Waals surface area contributed by atoms with E-state index in [0.29, 0.717) is 12.5 Å². The zero-order valence-electron chi connectivity index (χ0n) is 16.5. The van der Waals surface area contributed by atoms with Crippen LogP contribution in [0.2, 0.25) is 0 Å². The molecule has 3 heteroatoms. The van der Waals surface area contributed by atoms with Gasteiger partial charge in [-0.25, -0.2) is 0 Å². The third-order valence-corrected chi connectivity index (χ3v) is 6.48. The van der Waals surface area contributed by atoms with Crippen LogP contribution in [-0.2, 0) is 14.3 Å². The van der Waals surface area contributed by atoms with Gasteiger partial charge in [0, 0.05) is 0 Å². The summed E-state index contributed by atoms with van der Waals surface area (Å²) in [5, 5.41) is 0. The lowest BCUT2D eigenvalue weighted by Crippen LogP contribution is -2.40. The molecule has 2 aliphatic rings. The summed E-state index contributed by atoms with van der Waals surface area (Å²) < 4.78 is 11.5. The predicted molar refractivity (Wildman–Crippen MR) is 97.6 cm³/mol. The summed E-state index contributed by atoms with van der Waals surface area (Å²) in [4.78, 5) is 12.9. The molecule has 2 atom stereocenters. The van der Waals surface area contributed by atoms with E-state index in [9.17, 15) is 4.79 Å². The summed E-state index contributed by atoms with van der Waals surface area (Å²) in [5.41, 5.74) is -0.279. The Hall–Kier alpha value is -0.570. The first kappa shape index (κ1) is 19.8. The van der Waals surface area contributed by atoms with Gasteiger partial charge >= 0.3 is 5.97 Å². The minimum atomic E-state index is -0.435. The maximum atomic E-state index is 12.9. The van der Waals surface area contributed by atoms with E-state index >= 15 is 0 Å². The Morgan fingerprint density at radius 3 is 2.33 bits per heavy atom. The molecular formula is C21H38O3. The highest BCUT2D eigenvalue weighted by Gasteiger charge is 2.58. The summed E-state index contributed by atoms with van der Waals surface area (Å²) in [6, 6.07) is 0. The molecule has 0 radical (unpaired) electrons. The normalized spacial score (nSPS) is 24.4. The van der Waals surface area contributed by atoms with E-state index < -0.39 is 6.29 Å². The van der Waals surface area contributed by atoms with E-state index in [-0.39, 0.29) is 16.8 Å². The van der Waals surface area contributed by atoms with Crippen LogP contribution in [0.1, 0.15) is 92.4 Å². The Morgan fingerprint density at radius 2 is 1.79 bits per heavy atom. The monoisotopic (exact) mass is 338 g/mol. The standard InChI is InChI=1S/C21H38O3/c1-16(2)15-21(5,20(4)12-13-20)19(22)24-17(3)23-14-11-18-9-7-6-8-10-18/h16-18H,6-15H2,1-5H3. The van der Waals surface area contributed by atoms with Crippen molar-refractivity contribution < 1.29 is 14.3 Å². The summed E-state index contributed by atoms with van der Waals surface area (Å²) in [6.45, 7) is 11.3. The van der Waals surface area contributed by atoms with Crippen LogP contribution in [0, 0.1) is 22.7 Å². The second-order valence-corrected chi connectivity index (χ2v) is 9.13. The molecule has 140 valence electrons. The molecule has 0 spiro atoms. The van der Waals surface area contributed by atoms with Crippen LogP contribution in [0.5, 0.6) is 0 Å². The summed E-state index contributed by atoms with van der Waals surface area (Å²) in [6.07, 6.45) is 10.6. The zero-order chi connectivity index (χ0) is 17.8. The van der Waals surface area contributed by atoms with E-state index in [0.717, 1.165) is 31.6 Å². The fourth-order valence-electron chi connectivity index (χ4n) is 4.32. The number of hydrogen-bond acceptors (Lipinski definition) is 3. The molecule has 0 aromatic rings. The van der Waals surface area contributed by atoms with Crippen LogP contribution in [0.15, 0.2) is 0 Å². The van der Waals surface area contributed by atoms with Crippen LogP contribution in [0.25, 0.3) is 0 Å². The van der Waals surface area contributed by atoms with Gasteiger partial charge in [0.25, 0.3) is 0 Å². The smallest absolute Gasteiger partial charge is 0.314 e. The van der Waals surface area contributed by atoms with Crippen LogP contribution < -0.4 is 0 Å². The fraction of sp³-hybridized carbons (Fsp3) is 0.952. The first-order chi connectivity index (χ1) is 11.3. The van der Waals surface area contributed by atoms with E-state index in [1.54, 1.807) is 0 Å². The molecule has 0 N–H and O–H groups in total. The Bertz CT molecular complexity index is 407. The van der Waals surface area contributed by atoms with E-state index in [2.05, 4.69) is 27.7 Å². The maximum Gasteiger partial charge on any atom is 0.314 e. The van der Waals surface area contributed by atoms with Crippen molar-refractivity contribution >= 4 is 5.97 Å². The number of esters is 1. The quantitative estimate of drug-likeness (QED) is 0.399. The van der Waals surface area contributed by atoms with Crippen LogP contribution in [-0.4, -0.2) is 18.9 Å². The van der Waals surface area contributed by atoms with Gasteiger partial charge in [0.05, 0.1) is 12.0 Å². The van der Waals surface area contributed by atoms with Crippen molar-refractivity contribution in [3.63, 3.8) is 0 Å². The summed E-state index contributed by atoms with van der Waals surface area (Å²) in [7, 11) is 0. The Morgan fingerprint density at radius 1 is 1.17 bits per heavy atom. The van der Waals surface area contributed by atoms with Gasteiger partial charge in [0.2, 0.25) is 0 Å². The molecule has 24 heavy (non-hydrogen) atoms. The van der Waals surface area contributed by atoms with E-state index in [1.165, 1.54) is 32.1 Å². The molecule has 2 rings (SSSR count). The average molecular weight is 339 g/mol. The third-order valence-electron chi connectivity index (χ3n) is 6.48. The average Bonchev–Trinajstić information content (AvgIpc) is 3.27. The third kappa shape index (κ3) is 4.97. The molecule has 0 aliphatic heterocycles. The van der Waals surface area contributed by atoms with Gasteiger partial charge in [-0.1, -0.05) is 52.9 Å². The highest BCUT2D eigenvalue weighted by molar-refractivity contribution is 5.78. The molecule has 0 saturated heterocycles. The van der Waals surface area contributed by atoms with Crippen molar-refractivity contribution in [3.8, 4) is 0 Å². The number of hydrogen-bond donors (Lipinski definition) is 0. The molecule has 0 aromatic carbocycles. The van der Waals surface area contributed by atoms with Gasteiger partial charge in [0.15, 0.2) is 6.29 Å². The maximum absolute atomic E-state index is 12.9. The SMILES string of the molecule is CC(C)CC(C)(C(=O)OC(C)OCCC1CCCCC1)C1(C)CC1. The lowest BCUT2D eigenvalue weighted by Gasteiger charge is -2.36. The molecule has 0 heterocycles. The van der Waals surface area contributed by atoms with Crippen LogP contribution in [0.3, 0.4) is 0 Å². The fourth-order valence-corrected chi connectivity index (χ4v) is 4.32. The Balaban J connectivity index is 1.78. The van der Waals surface area contributed by atoms with Crippen molar-refractivity contribution in [2.75, 3.05) is 6.61 Å². The lowest BCUT2D eigenvalue weighted by molar-refractivity contribution is -0.191. The first-order valence-electron chi connectivity index (χ1n) is 10.1. The van der Waals surface area contributed by atoms with Crippen molar-refractivity contribution in [2.24, 2.45) is 22.7 Å². The molecule has 3 nitrogen and oxygen atoms in total. The van der Waals surface area contributed by atoms with Gasteiger partial charge in [0.1, 0.15) is 0 Å². The summed E-state index contributed by atoms with van der Waals surface area (Å²) in [5.74, 6) is 1.22. The van der Waals surface area contributed by atoms with Crippen molar-refractivity contribution in [3.05, 3.63) is 0 Å². The topological polar surface area (TPSA) is 35.5 Å². The van der Waals surface area contributed by atoms with Gasteiger partial charge in [-0.05, 0) is 56.8 Å². The van der Waals surface area contributed by atoms with Crippen LogP contribution >= 0.6 is 0 Å². The Kier molecular flexibility index (Phi) is 6.75. The molecule has 2 aliphatic carbocycles. The molecule has 0 amide bonds. The molecule has 2 fully saturated rings. The largest absolute Gasteiger partial charge is 0.436 e. The van der Waals surface area contributed by atoms with Gasteiger partial charge in [-0.15, -0.1) is 0 Å². The van der Waals surface area contributed by atoms with Crippen molar-refractivity contribution in [1.29, 1.82) is 0 Å². The summed E-state index contributed by atoms with van der Waals surface area (Å²) >= 11 is 0. The van der Waals surface area contributed by atoms with E-state index in [4.69, 9.17) is 9.47 Å². The second kappa shape index (κ2) is 8.21. The lowest BCUT2D eigenvalue weighted by atomic mass is 9.70. The highest BCUT2D eigenvalue weighted by Crippen LogP contribution is 2.61. The van der Waals surface area contributed by atoms with Gasteiger partial charge < -0.3 is 9.47 Å². The van der Waals surface area contributed by atoms with E-state index in [1.807, 2.05) is 6.92 Å². The second-order valence-electron chi connectivity index (χ2n) is 9.13. The van der Waals surface area contributed by atoms with Crippen molar-refractivity contribution in [1.82, 2.24) is 0 Å². The Labute approximate surface area is 148 Å². The minimum absolute atomic E-state index is 0.0682. The molecule has 0 aromatic heterocycles. The van der Waals surface area contributed by atoms with Gasteiger partial charge in [-0.3, -0.25) is 4.79 Å².